The third kappa shape index (κ3) is 4.36. The van der Waals surface area contributed by atoms with Gasteiger partial charge in [-0.05, 0) is 60.6 Å². The van der Waals surface area contributed by atoms with Crippen LogP contribution < -0.4 is 11.1 Å². The second-order valence-corrected chi connectivity index (χ2v) is 7.74. The third-order valence-electron chi connectivity index (χ3n) is 5.73. The summed E-state index contributed by atoms with van der Waals surface area (Å²) in [6.07, 6.45) is 3.88. The van der Waals surface area contributed by atoms with Crippen LogP contribution >= 0.6 is 0 Å². The van der Waals surface area contributed by atoms with E-state index in [0.29, 0.717) is 17.3 Å². The summed E-state index contributed by atoms with van der Waals surface area (Å²) in [5, 5.41) is 3.10. The molecule has 1 saturated heterocycles. The number of benzene rings is 2. The Labute approximate surface area is 177 Å². The molecule has 1 amide bonds. The summed E-state index contributed by atoms with van der Waals surface area (Å²) >= 11 is 0. The molecule has 0 unspecified atom stereocenters. The third-order valence-corrected chi connectivity index (χ3v) is 5.73. The van der Waals surface area contributed by atoms with Crippen molar-refractivity contribution in [2.24, 2.45) is 0 Å². The first-order valence-corrected chi connectivity index (χ1v) is 10.4. The molecule has 2 aromatic carbocycles. The first-order chi connectivity index (χ1) is 14.6. The maximum atomic E-state index is 12.6. The summed E-state index contributed by atoms with van der Waals surface area (Å²) in [6, 6.07) is 19.3. The van der Waals surface area contributed by atoms with E-state index in [-0.39, 0.29) is 11.9 Å². The van der Waals surface area contributed by atoms with Gasteiger partial charge in [-0.15, -0.1) is 0 Å². The summed E-state index contributed by atoms with van der Waals surface area (Å²) < 4.78 is 5.50. The van der Waals surface area contributed by atoms with E-state index < -0.39 is 0 Å². The van der Waals surface area contributed by atoms with Crippen LogP contribution in [0.1, 0.15) is 53.2 Å². The highest BCUT2D eigenvalue weighted by molar-refractivity contribution is 5.94. The lowest BCUT2D eigenvalue weighted by Gasteiger charge is -2.24. The van der Waals surface area contributed by atoms with Gasteiger partial charge in [0.1, 0.15) is 5.82 Å². The normalized spacial score (nSPS) is 15.5. The van der Waals surface area contributed by atoms with Crippen molar-refractivity contribution in [3.63, 3.8) is 0 Å². The number of hydrogen-bond acceptors (Lipinski definition) is 4. The van der Waals surface area contributed by atoms with Crippen LogP contribution in [-0.2, 0) is 4.74 Å². The number of amides is 1. The Morgan fingerprint density at radius 1 is 1.07 bits per heavy atom. The van der Waals surface area contributed by atoms with Gasteiger partial charge in [0.05, 0.1) is 6.04 Å². The number of anilines is 1. The molecule has 5 heteroatoms. The molecule has 5 nitrogen and oxygen atoms in total. The van der Waals surface area contributed by atoms with E-state index in [9.17, 15) is 4.79 Å². The Hall–Kier alpha value is -3.18. The lowest BCUT2D eigenvalue weighted by molar-refractivity contribution is 0.0853. The Morgan fingerprint density at radius 3 is 2.53 bits per heavy atom. The van der Waals surface area contributed by atoms with Crippen molar-refractivity contribution in [1.82, 2.24) is 10.3 Å². The van der Waals surface area contributed by atoms with Gasteiger partial charge in [0, 0.05) is 30.5 Å². The maximum absolute atomic E-state index is 12.6. The number of carbonyl (C=O) groups excluding carboxylic acids is 1. The van der Waals surface area contributed by atoms with Crippen molar-refractivity contribution in [1.29, 1.82) is 0 Å². The average Bonchev–Trinajstić information content (AvgIpc) is 2.80. The topological polar surface area (TPSA) is 77.2 Å². The quantitative estimate of drug-likeness (QED) is 0.649. The molecule has 3 N–H and O–H groups in total. The largest absolute Gasteiger partial charge is 0.383 e. The lowest BCUT2D eigenvalue weighted by Crippen LogP contribution is -2.27. The number of rotatable bonds is 5. The number of nitrogens with one attached hydrogen (secondary N) is 1. The molecule has 1 aliphatic heterocycles. The fraction of sp³-hybridized carbons (Fsp3) is 0.280. The van der Waals surface area contributed by atoms with Gasteiger partial charge in [-0.2, -0.15) is 0 Å². The molecule has 0 spiro atoms. The molecule has 0 aliphatic carbocycles. The van der Waals surface area contributed by atoms with Crippen molar-refractivity contribution < 1.29 is 9.53 Å². The van der Waals surface area contributed by atoms with Crippen molar-refractivity contribution in [3.8, 4) is 11.1 Å². The highest BCUT2D eigenvalue weighted by Crippen LogP contribution is 2.35. The van der Waals surface area contributed by atoms with E-state index in [2.05, 4.69) is 16.4 Å². The number of pyridine rings is 1. The first-order valence-electron chi connectivity index (χ1n) is 10.4. The van der Waals surface area contributed by atoms with E-state index in [1.807, 2.05) is 67.7 Å². The van der Waals surface area contributed by atoms with E-state index in [1.165, 1.54) is 5.56 Å². The minimum Gasteiger partial charge on any atom is -0.383 e. The van der Waals surface area contributed by atoms with Crippen LogP contribution in [0, 0.1) is 0 Å². The molecule has 1 aromatic heterocycles. The molecule has 154 valence electrons. The number of nitrogen functional groups attached to an aromatic ring is 1. The van der Waals surface area contributed by atoms with Crippen LogP contribution in [0.2, 0.25) is 0 Å². The number of ether oxygens (including phenoxy) is 1. The van der Waals surface area contributed by atoms with Crippen molar-refractivity contribution in [2.45, 2.75) is 31.7 Å². The lowest BCUT2D eigenvalue weighted by atomic mass is 9.89. The molecule has 1 aliphatic rings. The fourth-order valence-corrected chi connectivity index (χ4v) is 4.03. The maximum Gasteiger partial charge on any atom is 0.251 e. The number of hydrogen-bond donors (Lipinski definition) is 2. The van der Waals surface area contributed by atoms with E-state index in [1.54, 1.807) is 0 Å². The van der Waals surface area contributed by atoms with Gasteiger partial charge in [0.2, 0.25) is 0 Å². The van der Waals surface area contributed by atoms with Crippen LogP contribution in [0.5, 0.6) is 0 Å². The van der Waals surface area contributed by atoms with E-state index in [4.69, 9.17) is 10.5 Å². The molecule has 0 radical (unpaired) electrons. The van der Waals surface area contributed by atoms with Crippen LogP contribution in [0.25, 0.3) is 11.1 Å². The molecule has 0 bridgehead atoms. The second-order valence-electron chi connectivity index (χ2n) is 7.74. The summed E-state index contributed by atoms with van der Waals surface area (Å²) in [5.41, 5.74) is 11.0. The van der Waals surface area contributed by atoms with Gasteiger partial charge in [0.15, 0.2) is 0 Å². The minimum absolute atomic E-state index is 0.0973. The highest BCUT2D eigenvalue weighted by atomic mass is 16.5. The molecular formula is C25H27N3O2. The standard InChI is InChI=1S/C25H27N3O2/c1-17(28-25(29)19-7-3-2-4-8-19)21-9-5-6-10-22(21)23-15-20(16-27-24(23)26)18-11-13-30-14-12-18/h2-10,15-18H,11-14H2,1H3,(H2,26,27)(H,28,29)/t17-/m1/s1. The molecule has 3 aromatic rings. The zero-order valence-electron chi connectivity index (χ0n) is 17.2. The predicted octanol–water partition coefficient (Wildman–Crippen LogP) is 4.72. The van der Waals surface area contributed by atoms with Gasteiger partial charge in [-0.1, -0.05) is 42.5 Å². The predicted molar refractivity (Wildman–Crippen MR) is 119 cm³/mol. The van der Waals surface area contributed by atoms with Crippen molar-refractivity contribution in [3.05, 3.63) is 83.6 Å². The Balaban J connectivity index is 1.64. The molecule has 30 heavy (non-hydrogen) atoms. The Kier molecular flexibility index (Phi) is 6.10. The number of nitrogens with zero attached hydrogens (tertiary/aromatic N) is 1. The summed E-state index contributed by atoms with van der Waals surface area (Å²) in [6.45, 7) is 3.55. The molecular weight excluding hydrogens is 374 g/mol. The Morgan fingerprint density at radius 2 is 1.77 bits per heavy atom. The monoisotopic (exact) mass is 401 g/mol. The van der Waals surface area contributed by atoms with Gasteiger partial charge >= 0.3 is 0 Å². The van der Waals surface area contributed by atoms with Gasteiger partial charge < -0.3 is 15.8 Å². The van der Waals surface area contributed by atoms with E-state index in [0.717, 1.165) is 42.7 Å². The molecule has 4 rings (SSSR count). The van der Waals surface area contributed by atoms with Gasteiger partial charge in [-0.3, -0.25) is 4.79 Å². The smallest absolute Gasteiger partial charge is 0.251 e. The number of aromatic nitrogens is 1. The fourth-order valence-electron chi connectivity index (χ4n) is 4.03. The van der Waals surface area contributed by atoms with Crippen molar-refractivity contribution in [2.75, 3.05) is 18.9 Å². The molecule has 1 fully saturated rings. The van der Waals surface area contributed by atoms with Crippen LogP contribution in [0.15, 0.2) is 66.9 Å². The summed E-state index contributed by atoms with van der Waals surface area (Å²) in [4.78, 5) is 17.1. The SMILES string of the molecule is C[C@@H](NC(=O)c1ccccc1)c1ccccc1-c1cc(C2CCOCC2)cnc1N. The number of nitrogens with two attached hydrogens (primary N) is 1. The zero-order chi connectivity index (χ0) is 20.9. The highest BCUT2D eigenvalue weighted by Gasteiger charge is 2.20. The molecule has 1 atom stereocenters. The zero-order valence-corrected chi connectivity index (χ0v) is 17.2. The summed E-state index contributed by atoms with van der Waals surface area (Å²) in [5.74, 6) is 0.841. The second kappa shape index (κ2) is 9.09. The van der Waals surface area contributed by atoms with Gasteiger partial charge in [-0.25, -0.2) is 4.98 Å². The average molecular weight is 402 g/mol. The van der Waals surface area contributed by atoms with E-state index >= 15 is 0 Å². The first kappa shape index (κ1) is 20.1. The van der Waals surface area contributed by atoms with Crippen molar-refractivity contribution >= 4 is 11.7 Å². The molecule has 0 saturated carbocycles. The Bertz CT molecular complexity index is 1010. The summed E-state index contributed by atoms with van der Waals surface area (Å²) in [7, 11) is 0. The van der Waals surface area contributed by atoms with Gasteiger partial charge in [0.25, 0.3) is 5.91 Å². The van der Waals surface area contributed by atoms with Crippen LogP contribution in [0.4, 0.5) is 5.82 Å². The number of carbonyl (C=O) groups is 1. The minimum atomic E-state index is -0.181. The molecule has 2 heterocycles. The van der Waals surface area contributed by atoms with Crippen LogP contribution in [0.3, 0.4) is 0 Å². The van der Waals surface area contributed by atoms with Crippen LogP contribution in [-0.4, -0.2) is 24.1 Å².